The van der Waals surface area contributed by atoms with E-state index in [0.717, 1.165) is 6.54 Å². The van der Waals surface area contributed by atoms with Crippen LogP contribution in [0.15, 0.2) is 4.99 Å². The molecule has 3 N–H and O–H groups in total. The minimum atomic E-state index is 0. The van der Waals surface area contributed by atoms with Gasteiger partial charge in [0.15, 0.2) is 5.96 Å². The number of nitrogens with two attached hydrogens (primary N) is 1. The fourth-order valence-electron chi connectivity index (χ4n) is 3.05. The highest BCUT2D eigenvalue weighted by atomic mass is 127. The molecule has 0 bridgehead atoms. The van der Waals surface area contributed by atoms with Gasteiger partial charge in [0.05, 0.1) is 0 Å². The Morgan fingerprint density at radius 3 is 2.39 bits per heavy atom. The molecule has 0 spiro atoms. The highest BCUT2D eigenvalue weighted by Gasteiger charge is 2.34. The number of hydrogen-bond acceptors (Lipinski definition) is 1. The molecule has 106 valence electrons. The van der Waals surface area contributed by atoms with Crippen LogP contribution in [0.4, 0.5) is 0 Å². The topological polar surface area (TPSA) is 50.4 Å². The summed E-state index contributed by atoms with van der Waals surface area (Å²) < 4.78 is 0. The Bertz CT molecular complexity index is 263. The van der Waals surface area contributed by atoms with E-state index in [-0.39, 0.29) is 24.0 Å². The smallest absolute Gasteiger partial charge is 0.188 e. The SMILES string of the molecule is CCC1(CN=C(N)NC2CCCCC2)CCC1.I. The third kappa shape index (κ3) is 4.28. The Kier molecular flexibility index (Phi) is 6.74. The van der Waals surface area contributed by atoms with Crippen LogP contribution in [0.3, 0.4) is 0 Å². The van der Waals surface area contributed by atoms with E-state index in [2.05, 4.69) is 17.2 Å². The number of nitrogens with one attached hydrogen (secondary N) is 1. The first-order valence-electron chi connectivity index (χ1n) is 7.31. The number of halogens is 1. The Morgan fingerprint density at radius 2 is 1.89 bits per heavy atom. The molecule has 0 aromatic carbocycles. The lowest BCUT2D eigenvalue weighted by molar-refractivity contribution is 0.139. The standard InChI is InChI=1S/C14H27N3.HI/c1-2-14(9-6-10-14)11-16-13(15)17-12-7-4-3-5-8-12;/h12H,2-11H2,1H3,(H3,15,16,17);1H. The first-order chi connectivity index (χ1) is 8.24. The molecule has 0 saturated heterocycles. The molecule has 2 rings (SSSR count). The van der Waals surface area contributed by atoms with Crippen molar-refractivity contribution in [1.29, 1.82) is 0 Å². The van der Waals surface area contributed by atoms with Gasteiger partial charge >= 0.3 is 0 Å². The third-order valence-corrected chi connectivity index (χ3v) is 4.71. The maximum atomic E-state index is 5.98. The van der Waals surface area contributed by atoms with Crippen molar-refractivity contribution in [2.24, 2.45) is 16.1 Å². The highest BCUT2D eigenvalue weighted by Crippen LogP contribution is 2.43. The number of guanidine groups is 1. The second kappa shape index (κ2) is 7.56. The van der Waals surface area contributed by atoms with E-state index >= 15 is 0 Å². The minimum Gasteiger partial charge on any atom is -0.370 e. The first-order valence-corrected chi connectivity index (χ1v) is 7.31. The van der Waals surface area contributed by atoms with Crippen LogP contribution in [-0.2, 0) is 0 Å². The summed E-state index contributed by atoms with van der Waals surface area (Å²) in [5.74, 6) is 0.677. The molecule has 0 radical (unpaired) electrons. The summed E-state index contributed by atoms with van der Waals surface area (Å²) in [7, 11) is 0. The maximum absolute atomic E-state index is 5.98. The number of aliphatic imine (C=N–C) groups is 1. The van der Waals surface area contributed by atoms with Crippen LogP contribution in [0.5, 0.6) is 0 Å². The fraction of sp³-hybridized carbons (Fsp3) is 0.929. The Morgan fingerprint density at radius 1 is 1.22 bits per heavy atom. The van der Waals surface area contributed by atoms with E-state index in [1.54, 1.807) is 0 Å². The molecule has 0 amide bonds. The average Bonchev–Trinajstić information content (AvgIpc) is 2.29. The molecule has 0 aromatic rings. The van der Waals surface area contributed by atoms with Crippen LogP contribution < -0.4 is 11.1 Å². The summed E-state index contributed by atoms with van der Waals surface area (Å²) >= 11 is 0. The fourth-order valence-corrected chi connectivity index (χ4v) is 3.05. The van der Waals surface area contributed by atoms with Gasteiger partial charge in [-0.15, -0.1) is 24.0 Å². The molecule has 18 heavy (non-hydrogen) atoms. The Labute approximate surface area is 128 Å². The van der Waals surface area contributed by atoms with Crippen molar-refractivity contribution in [3.63, 3.8) is 0 Å². The zero-order chi connectivity index (χ0) is 12.1. The molecule has 0 aromatic heterocycles. The second-order valence-electron chi connectivity index (χ2n) is 5.89. The molecule has 0 aliphatic heterocycles. The van der Waals surface area contributed by atoms with Crippen LogP contribution in [0.1, 0.15) is 64.7 Å². The molecular weight excluding hydrogens is 337 g/mol. The van der Waals surface area contributed by atoms with Gasteiger partial charge in [0, 0.05) is 12.6 Å². The van der Waals surface area contributed by atoms with Crippen molar-refractivity contribution in [3.8, 4) is 0 Å². The van der Waals surface area contributed by atoms with Gasteiger partial charge < -0.3 is 11.1 Å². The van der Waals surface area contributed by atoms with Gasteiger partial charge in [-0.3, -0.25) is 4.99 Å². The Hall–Kier alpha value is 0. The molecule has 2 saturated carbocycles. The van der Waals surface area contributed by atoms with Crippen molar-refractivity contribution in [3.05, 3.63) is 0 Å². The van der Waals surface area contributed by atoms with E-state index in [9.17, 15) is 0 Å². The van der Waals surface area contributed by atoms with Gasteiger partial charge in [-0.1, -0.05) is 32.6 Å². The van der Waals surface area contributed by atoms with Crippen molar-refractivity contribution in [2.75, 3.05) is 6.54 Å². The molecule has 2 aliphatic carbocycles. The van der Waals surface area contributed by atoms with E-state index in [0.29, 0.717) is 17.4 Å². The normalized spacial score (nSPS) is 23.9. The lowest BCUT2D eigenvalue weighted by atomic mass is 9.67. The van der Waals surface area contributed by atoms with Crippen molar-refractivity contribution in [1.82, 2.24) is 5.32 Å². The molecule has 4 heteroatoms. The predicted octanol–water partition coefficient (Wildman–Crippen LogP) is 3.42. The number of hydrogen-bond donors (Lipinski definition) is 2. The van der Waals surface area contributed by atoms with Crippen LogP contribution >= 0.6 is 24.0 Å². The molecule has 0 unspecified atom stereocenters. The van der Waals surface area contributed by atoms with Gasteiger partial charge in [-0.2, -0.15) is 0 Å². The van der Waals surface area contributed by atoms with Crippen molar-refractivity contribution < 1.29 is 0 Å². The summed E-state index contributed by atoms with van der Waals surface area (Å²) in [5, 5.41) is 3.39. The predicted molar refractivity (Wildman–Crippen MR) is 88.5 cm³/mol. The zero-order valence-corrected chi connectivity index (χ0v) is 13.9. The second-order valence-corrected chi connectivity index (χ2v) is 5.89. The minimum absolute atomic E-state index is 0. The first kappa shape index (κ1) is 16.1. The highest BCUT2D eigenvalue weighted by molar-refractivity contribution is 14.0. The van der Waals surface area contributed by atoms with Gasteiger partial charge in [-0.25, -0.2) is 0 Å². The van der Waals surface area contributed by atoms with Gasteiger partial charge in [0.25, 0.3) is 0 Å². The summed E-state index contributed by atoms with van der Waals surface area (Å²) in [4.78, 5) is 4.57. The zero-order valence-electron chi connectivity index (χ0n) is 11.6. The Balaban J connectivity index is 0.00000162. The summed E-state index contributed by atoms with van der Waals surface area (Å²) in [6.07, 6.45) is 11.9. The summed E-state index contributed by atoms with van der Waals surface area (Å²) in [6.45, 7) is 3.20. The van der Waals surface area contributed by atoms with E-state index < -0.39 is 0 Å². The van der Waals surface area contributed by atoms with Gasteiger partial charge in [0.1, 0.15) is 0 Å². The maximum Gasteiger partial charge on any atom is 0.188 e. The number of rotatable bonds is 4. The number of nitrogens with zero attached hydrogens (tertiary/aromatic N) is 1. The van der Waals surface area contributed by atoms with E-state index in [1.165, 1.54) is 57.8 Å². The molecule has 2 fully saturated rings. The lowest BCUT2D eigenvalue weighted by Crippen LogP contribution is -2.42. The monoisotopic (exact) mass is 365 g/mol. The molecular formula is C14H28IN3. The van der Waals surface area contributed by atoms with E-state index in [4.69, 9.17) is 5.73 Å². The van der Waals surface area contributed by atoms with Crippen LogP contribution in [0.25, 0.3) is 0 Å². The van der Waals surface area contributed by atoms with E-state index in [1.807, 2.05) is 0 Å². The average molecular weight is 365 g/mol. The lowest BCUT2D eigenvalue weighted by Gasteiger charge is -2.40. The van der Waals surface area contributed by atoms with Gasteiger partial charge in [-0.05, 0) is 37.5 Å². The van der Waals surface area contributed by atoms with Crippen LogP contribution in [0, 0.1) is 5.41 Å². The largest absolute Gasteiger partial charge is 0.370 e. The molecule has 0 heterocycles. The van der Waals surface area contributed by atoms with Crippen LogP contribution in [-0.4, -0.2) is 18.5 Å². The van der Waals surface area contributed by atoms with Crippen molar-refractivity contribution >= 4 is 29.9 Å². The molecule has 3 nitrogen and oxygen atoms in total. The van der Waals surface area contributed by atoms with Crippen LogP contribution in [0.2, 0.25) is 0 Å². The van der Waals surface area contributed by atoms with Gasteiger partial charge in [0.2, 0.25) is 0 Å². The summed E-state index contributed by atoms with van der Waals surface area (Å²) in [5.41, 5.74) is 6.47. The third-order valence-electron chi connectivity index (χ3n) is 4.71. The molecule has 0 atom stereocenters. The molecule has 2 aliphatic rings. The quantitative estimate of drug-likeness (QED) is 0.456. The summed E-state index contributed by atoms with van der Waals surface area (Å²) in [6, 6.07) is 0.575. The van der Waals surface area contributed by atoms with Crippen molar-refractivity contribution in [2.45, 2.75) is 70.8 Å².